The molecule has 0 bridgehead atoms. The molecule has 2 aromatic carbocycles. The Morgan fingerprint density at radius 2 is 1.65 bits per heavy atom. The van der Waals surface area contributed by atoms with Gasteiger partial charge < -0.3 is 24.9 Å². The fourth-order valence-corrected chi connectivity index (χ4v) is 2.97. The molecule has 3 rings (SSSR count). The van der Waals surface area contributed by atoms with Crippen molar-refractivity contribution >= 4 is 18.0 Å². The Bertz CT molecular complexity index is 1240. The van der Waals surface area contributed by atoms with Gasteiger partial charge in [0.2, 0.25) is 5.75 Å². The molecule has 34 heavy (non-hydrogen) atoms. The average molecular weight is 465 g/mol. The van der Waals surface area contributed by atoms with E-state index in [0.29, 0.717) is 0 Å². The van der Waals surface area contributed by atoms with Crippen molar-refractivity contribution in [2.24, 2.45) is 0 Å². The van der Waals surface area contributed by atoms with Crippen LogP contribution in [0.15, 0.2) is 65.5 Å². The van der Waals surface area contributed by atoms with Crippen LogP contribution in [-0.2, 0) is 28.1 Å². The minimum absolute atomic E-state index is 0.0331. The summed E-state index contributed by atoms with van der Waals surface area (Å²) in [4.78, 5) is 55.4. The molecule has 0 atom stereocenters. The van der Waals surface area contributed by atoms with Gasteiger partial charge in [-0.25, -0.2) is 14.6 Å². The number of aromatic amines is 1. The SMILES string of the molecule is CC(C)(NC(=O)OCc1ccccc1)c1nc(CC(=O)O)c(OC(=O)c2ccccc2)c(=O)[nH]1. The zero-order valence-corrected chi connectivity index (χ0v) is 18.5. The molecule has 10 nitrogen and oxygen atoms in total. The van der Waals surface area contributed by atoms with E-state index in [-0.39, 0.29) is 23.7 Å². The first-order valence-corrected chi connectivity index (χ1v) is 10.3. The highest BCUT2D eigenvalue weighted by atomic mass is 16.5. The molecule has 10 heteroatoms. The van der Waals surface area contributed by atoms with Gasteiger partial charge in [-0.2, -0.15) is 0 Å². The molecule has 176 valence electrons. The molecule has 0 aliphatic rings. The number of aliphatic carboxylic acids is 1. The van der Waals surface area contributed by atoms with Gasteiger partial charge in [-0.05, 0) is 31.5 Å². The number of carbonyl (C=O) groups excluding carboxylic acids is 2. The minimum Gasteiger partial charge on any atom is -0.481 e. The summed E-state index contributed by atoms with van der Waals surface area (Å²) < 4.78 is 10.4. The van der Waals surface area contributed by atoms with E-state index in [1.807, 2.05) is 18.2 Å². The van der Waals surface area contributed by atoms with Crippen LogP contribution in [-0.4, -0.2) is 33.1 Å². The molecule has 3 N–H and O–H groups in total. The molecular formula is C24H23N3O7. The lowest BCUT2D eigenvalue weighted by atomic mass is 10.0. The molecule has 0 aliphatic heterocycles. The van der Waals surface area contributed by atoms with E-state index in [1.54, 1.807) is 44.2 Å². The summed E-state index contributed by atoms with van der Waals surface area (Å²) in [5.41, 5.74) is -1.41. The van der Waals surface area contributed by atoms with Crippen molar-refractivity contribution < 1.29 is 29.0 Å². The average Bonchev–Trinajstić information content (AvgIpc) is 2.80. The first-order chi connectivity index (χ1) is 16.2. The van der Waals surface area contributed by atoms with E-state index in [1.165, 1.54) is 12.1 Å². The summed E-state index contributed by atoms with van der Waals surface area (Å²) in [6.07, 6.45) is -1.45. The Balaban J connectivity index is 1.82. The monoisotopic (exact) mass is 465 g/mol. The summed E-state index contributed by atoms with van der Waals surface area (Å²) in [6.45, 7) is 3.13. The van der Waals surface area contributed by atoms with Gasteiger partial charge in [0.15, 0.2) is 0 Å². The highest BCUT2D eigenvalue weighted by Gasteiger charge is 2.29. The van der Waals surface area contributed by atoms with Crippen molar-refractivity contribution in [1.82, 2.24) is 15.3 Å². The van der Waals surface area contributed by atoms with Crippen molar-refractivity contribution in [1.29, 1.82) is 0 Å². The van der Waals surface area contributed by atoms with E-state index in [2.05, 4.69) is 15.3 Å². The van der Waals surface area contributed by atoms with Crippen molar-refractivity contribution in [3.63, 3.8) is 0 Å². The van der Waals surface area contributed by atoms with Crippen LogP contribution in [0, 0.1) is 0 Å². The Labute approximate surface area is 194 Å². The maximum atomic E-state index is 12.7. The Kier molecular flexibility index (Phi) is 7.42. The number of nitrogens with one attached hydrogen (secondary N) is 2. The quantitative estimate of drug-likeness (QED) is 0.430. The molecule has 0 aliphatic carbocycles. The highest BCUT2D eigenvalue weighted by Crippen LogP contribution is 2.20. The molecule has 1 aromatic heterocycles. The van der Waals surface area contributed by atoms with Crippen LogP contribution >= 0.6 is 0 Å². The van der Waals surface area contributed by atoms with Gasteiger partial charge in [-0.1, -0.05) is 48.5 Å². The number of carbonyl (C=O) groups is 3. The third-order valence-corrected chi connectivity index (χ3v) is 4.69. The minimum atomic E-state index is -1.28. The Morgan fingerprint density at radius 1 is 1.03 bits per heavy atom. The molecule has 0 unspecified atom stereocenters. The molecule has 0 saturated heterocycles. The summed E-state index contributed by atoms with van der Waals surface area (Å²) >= 11 is 0. The number of hydrogen-bond donors (Lipinski definition) is 3. The molecular weight excluding hydrogens is 442 g/mol. The van der Waals surface area contributed by atoms with Gasteiger partial charge >= 0.3 is 18.0 Å². The van der Waals surface area contributed by atoms with E-state index < -0.39 is 41.3 Å². The van der Waals surface area contributed by atoms with Crippen molar-refractivity contribution in [2.45, 2.75) is 32.4 Å². The molecule has 1 heterocycles. The van der Waals surface area contributed by atoms with Crippen LogP contribution < -0.4 is 15.6 Å². The smallest absolute Gasteiger partial charge is 0.408 e. The number of aromatic nitrogens is 2. The topological polar surface area (TPSA) is 148 Å². The number of H-pyrrole nitrogens is 1. The van der Waals surface area contributed by atoms with Gasteiger partial charge in [-0.15, -0.1) is 0 Å². The van der Waals surface area contributed by atoms with Crippen LogP contribution in [0.5, 0.6) is 5.75 Å². The predicted molar refractivity (Wildman–Crippen MR) is 120 cm³/mol. The number of hydrogen-bond acceptors (Lipinski definition) is 7. The lowest BCUT2D eigenvalue weighted by molar-refractivity contribution is -0.136. The fourth-order valence-electron chi connectivity index (χ4n) is 2.97. The molecule has 3 aromatic rings. The summed E-state index contributed by atoms with van der Waals surface area (Å²) in [7, 11) is 0. The van der Waals surface area contributed by atoms with E-state index in [4.69, 9.17) is 9.47 Å². The van der Waals surface area contributed by atoms with Gasteiger partial charge in [-0.3, -0.25) is 9.59 Å². The second kappa shape index (κ2) is 10.4. The number of carboxylic acids is 1. The number of nitrogens with zero attached hydrogens (tertiary/aromatic N) is 1. The lowest BCUT2D eigenvalue weighted by Gasteiger charge is -2.25. The van der Waals surface area contributed by atoms with E-state index in [0.717, 1.165) is 5.56 Å². The first kappa shape index (κ1) is 24.2. The third kappa shape index (κ3) is 6.28. The maximum Gasteiger partial charge on any atom is 0.408 e. The molecule has 1 amide bonds. The number of carboxylic acid groups (broad SMARTS) is 1. The van der Waals surface area contributed by atoms with E-state index >= 15 is 0 Å². The van der Waals surface area contributed by atoms with E-state index in [9.17, 15) is 24.3 Å². The predicted octanol–water partition coefficient (Wildman–Crippen LogP) is 2.78. The van der Waals surface area contributed by atoms with Crippen LogP contribution in [0.4, 0.5) is 4.79 Å². The highest BCUT2D eigenvalue weighted by molar-refractivity contribution is 5.91. The number of esters is 1. The second-order valence-corrected chi connectivity index (χ2v) is 7.83. The summed E-state index contributed by atoms with van der Waals surface area (Å²) in [6, 6.07) is 17.0. The van der Waals surface area contributed by atoms with Gasteiger partial charge in [0.25, 0.3) is 5.56 Å². The summed E-state index contributed by atoms with van der Waals surface area (Å²) in [5.74, 6) is -2.68. The first-order valence-electron chi connectivity index (χ1n) is 10.3. The molecule has 0 saturated carbocycles. The van der Waals surface area contributed by atoms with Gasteiger partial charge in [0, 0.05) is 0 Å². The Hall–Kier alpha value is -4.47. The lowest BCUT2D eigenvalue weighted by Crippen LogP contribution is -2.44. The number of benzene rings is 2. The molecule has 0 spiro atoms. The van der Waals surface area contributed by atoms with Gasteiger partial charge in [0.1, 0.15) is 18.1 Å². The normalized spacial score (nSPS) is 10.9. The van der Waals surface area contributed by atoms with Crippen LogP contribution in [0.3, 0.4) is 0 Å². The van der Waals surface area contributed by atoms with Gasteiger partial charge in [0.05, 0.1) is 17.5 Å². The number of ether oxygens (including phenoxy) is 2. The summed E-state index contributed by atoms with van der Waals surface area (Å²) in [5, 5.41) is 11.9. The number of amides is 1. The standard InChI is InChI=1S/C24H23N3O7/c1-24(2,27-23(32)33-14-15-9-5-3-6-10-15)22-25-17(13-18(28)29)19(20(30)26-22)34-21(31)16-11-7-4-8-12-16/h3-12H,13-14H2,1-2H3,(H,27,32)(H,28,29)(H,25,26,30). The fraction of sp³-hybridized carbons (Fsp3) is 0.208. The zero-order valence-electron chi connectivity index (χ0n) is 18.5. The van der Waals surface area contributed by atoms with Crippen LogP contribution in [0.1, 0.15) is 41.3 Å². The van der Waals surface area contributed by atoms with Crippen LogP contribution in [0.25, 0.3) is 0 Å². The van der Waals surface area contributed by atoms with Crippen molar-refractivity contribution in [3.8, 4) is 5.75 Å². The number of rotatable bonds is 8. The molecule has 0 radical (unpaired) electrons. The van der Waals surface area contributed by atoms with Crippen molar-refractivity contribution in [2.75, 3.05) is 0 Å². The largest absolute Gasteiger partial charge is 0.481 e. The van der Waals surface area contributed by atoms with Crippen LogP contribution in [0.2, 0.25) is 0 Å². The number of alkyl carbamates (subject to hydrolysis) is 1. The second-order valence-electron chi connectivity index (χ2n) is 7.83. The zero-order chi connectivity index (χ0) is 24.7. The Morgan fingerprint density at radius 3 is 2.26 bits per heavy atom. The molecule has 0 fully saturated rings. The maximum absolute atomic E-state index is 12.7. The van der Waals surface area contributed by atoms with Crippen molar-refractivity contribution in [3.05, 3.63) is 93.7 Å². The third-order valence-electron chi connectivity index (χ3n) is 4.69.